The van der Waals surface area contributed by atoms with Crippen LogP contribution in [-0.2, 0) is 0 Å². The molecule has 1 aromatic carbocycles. The molecule has 1 fully saturated rings. The van der Waals surface area contributed by atoms with E-state index in [1.807, 2.05) is 0 Å². The van der Waals surface area contributed by atoms with Crippen molar-refractivity contribution in [3.63, 3.8) is 0 Å². The average Bonchev–Trinajstić information content (AvgIpc) is 3.14. The Bertz CT molecular complexity index is 430. The molecule has 0 aromatic heterocycles. The molecule has 1 aliphatic carbocycles. The molecule has 0 amide bonds. The third-order valence-electron chi connectivity index (χ3n) is 3.77. The quantitative estimate of drug-likeness (QED) is 0.859. The van der Waals surface area contributed by atoms with Crippen LogP contribution < -0.4 is 5.73 Å². The van der Waals surface area contributed by atoms with Gasteiger partial charge >= 0.3 is 0 Å². The molecular formula is C15H22F2N2. The number of benzene rings is 1. The third kappa shape index (κ3) is 3.51. The Morgan fingerprint density at radius 3 is 2.47 bits per heavy atom. The first-order chi connectivity index (χ1) is 9.02. The summed E-state index contributed by atoms with van der Waals surface area (Å²) < 4.78 is 27.0. The molecule has 1 aromatic rings. The Hall–Kier alpha value is -1.00. The van der Waals surface area contributed by atoms with Crippen molar-refractivity contribution in [3.05, 3.63) is 35.4 Å². The summed E-state index contributed by atoms with van der Waals surface area (Å²) in [6.07, 6.45) is 2.48. The third-order valence-corrected chi connectivity index (χ3v) is 3.77. The molecule has 2 rings (SSSR count). The molecule has 0 heterocycles. The van der Waals surface area contributed by atoms with Crippen molar-refractivity contribution in [2.75, 3.05) is 13.1 Å². The molecule has 0 saturated heterocycles. The van der Waals surface area contributed by atoms with Crippen molar-refractivity contribution in [1.29, 1.82) is 0 Å². The minimum absolute atomic E-state index is 0.179. The minimum atomic E-state index is -0.546. The second-order valence-electron chi connectivity index (χ2n) is 5.65. The van der Waals surface area contributed by atoms with E-state index in [2.05, 4.69) is 18.7 Å². The summed E-state index contributed by atoms with van der Waals surface area (Å²) in [4.78, 5) is 2.23. The molecule has 0 radical (unpaired) electrons. The molecular weight excluding hydrogens is 246 g/mol. The number of nitrogens with zero attached hydrogens (tertiary/aromatic N) is 1. The van der Waals surface area contributed by atoms with Crippen molar-refractivity contribution in [1.82, 2.24) is 4.90 Å². The largest absolute Gasteiger partial charge is 0.329 e. The van der Waals surface area contributed by atoms with Crippen LogP contribution in [-0.4, -0.2) is 24.0 Å². The fourth-order valence-electron chi connectivity index (χ4n) is 2.51. The van der Waals surface area contributed by atoms with E-state index in [0.29, 0.717) is 24.1 Å². The summed E-state index contributed by atoms with van der Waals surface area (Å²) in [7, 11) is 0. The number of hydrogen-bond acceptors (Lipinski definition) is 2. The van der Waals surface area contributed by atoms with Gasteiger partial charge in [0, 0.05) is 30.8 Å². The highest BCUT2D eigenvalue weighted by Crippen LogP contribution is 2.34. The normalized spacial score (nSPS) is 17.2. The molecule has 1 unspecified atom stereocenters. The van der Waals surface area contributed by atoms with Gasteiger partial charge in [-0.05, 0) is 38.7 Å². The molecule has 1 saturated carbocycles. The number of rotatable bonds is 6. The molecule has 19 heavy (non-hydrogen) atoms. The maximum Gasteiger partial charge on any atom is 0.130 e. The minimum Gasteiger partial charge on any atom is -0.329 e. The van der Waals surface area contributed by atoms with Gasteiger partial charge in [0.2, 0.25) is 0 Å². The maximum atomic E-state index is 13.9. The number of nitrogens with two attached hydrogens (primary N) is 1. The molecule has 0 bridgehead atoms. The topological polar surface area (TPSA) is 29.3 Å². The lowest BCUT2D eigenvalue weighted by molar-refractivity contribution is 0.147. The van der Waals surface area contributed by atoms with E-state index >= 15 is 0 Å². The molecule has 4 heteroatoms. The Labute approximate surface area is 113 Å². The zero-order chi connectivity index (χ0) is 14.0. The van der Waals surface area contributed by atoms with Gasteiger partial charge in [-0.3, -0.25) is 4.90 Å². The van der Waals surface area contributed by atoms with Gasteiger partial charge in [-0.25, -0.2) is 8.78 Å². The van der Waals surface area contributed by atoms with Gasteiger partial charge in [0.1, 0.15) is 11.6 Å². The van der Waals surface area contributed by atoms with Crippen molar-refractivity contribution in [3.8, 4) is 0 Å². The van der Waals surface area contributed by atoms with Gasteiger partial charge in [-0.1, -0.05) is 6.07 Å². The highest BCUT2D eigenvalue weighted by Gasteiger charge is 2.30. The van der Waals surface area contributed by atoms with Crippen LogP contribution in [0.4, 0.5) is 8.78 Å². The van der Waals surface area contributed by atoms with Gasteiger partial charge in [-0.2, -0.15) is 0 Å². The standard InChI is InChI=1S/C15H22F2N2/c1-10(2)19(9-11-3-4-11)15(8-18)13-6-5-12(16)7-14(13)17/h5-7,10-11,15H,3-4,8-9,18H2,1-2H3. The molecule has 106 valence electrons. The van der Waals surface area contributed by atoms with E-state index in [0.717, 1.165) is 12.6 Å². The van der Waals surface area contributed by atoms with Crippen LogP contribution in [0.15, 0.2) is 18.2 Å². The summed E-state index contributed by atoms with van der Waals surface area (Å²) in [5.41, 5.74) is 6.34. The second kappa shape index (κ2) is 5.97. The van der Waals surface area contributed by atoms with Crippen LogP contribution in [0, 0.1) is 17.6 Å². The van der Waals surface area contributed by atoms with Gasteiger partial charge in [0.05, 0.1) is 6.04 Å². The highest BCUT2D eigenvalue weighted by atomic mass is 19.1. The van der Waals surface area contributed by atoms with Crippen LogP contribution >= 0.6 is 0 Å². The summed E-state index contributed by atoms with van der Waals surface area (Å²) in [6.45, 7) is 5.46. The van der Waals surface area contributed by atoms with Crippen molar-refractivity contribution in [2.45, 2.75) is 38.8 Å². The van der Waals surface area contributed by atoms with Crippen LogP contribution in [0.2, 0.25) is 0 Å². The Balaban J connectivity index is 2.24. The zero-order valence-corrected chi connectivity index (χ0v) is 11.6. The predicted octanol–water partition coefficient (Wildman–Crippen LogP) is 3.09. The average molecular weight is 268 g/mol. The summed E-state index contributed by atoms with van der Waals surface area (Å²) in [6, 6.07) is 3.87. The zero-order valence-electron chi connectivity index (χ0n) is 11.6. The maximum absolute atomic E-state index is 13.9. The SMILES string of the molecule is CC(C)N(CC1CC1)C(CN)c1ccc(F)cc1F. The first-order valence-electron chi connectivity index (χ1n) is 6.93. The molecule has 0 spiro atoms. The van der Waals surface area contributed by atoms with Crippen molar-refractivity contribution >= 4 is 0 Å². The van der Waals surface area contributed by atoms with Crippen molar-refractivity contribution in [2.24, 2.45) is 11.7 Å². The molecule has 1 aliphatic rings. The Kier molecular flexibility index (Phi) is 4.53. The lowest BCUT2D eigenvalue weighted by Crippen LogP contribution is -2.40. The first kappa shape index (κ1) is 14.4. The smallest absolute Gasteiger partial charge is 0.130 e. The van der Waals surface area contributed by atoms with E-state index < -0.39 is 11.6 Å². The molecule has 2 N–H and O–H groups in total. The van der Waals surface area contributed by atoms with Gasteiger partial charge in [0.15, 0.2) is 0 Å². The van der Waals surface area contributed by atoms with Crippen molar-refractivity contribution < 1.29 is 8.78 Å². The Morgan fingerprint density at radius 2 is 2.00 bits per heavy atom. The lowest BCUT2D eigenvalue weighted by Gasteiger charge is -2.35. The second-order valence-corrected chi connectivity index (χ2v) is 5.65. The fraction of sp³-hybridized carbons (Fsp3) is 0.600. The fourth-order valence-corrected chi connectivity index (χ4v) is 2.51. The monoisotopic (exact) mass is 268 g/mol. The van der Waals surface area contributed by atoms with Crippen LogP contribution in [0.1, 0.15) is 38.3 Å². The highest BCUT2D eigenvalue weighted by molar-refractivity contribution is 5.23. The summed E-state index contributed by atoms with van der Waals surface area (Å²) in [5.74, 6) is -0.341. The molecule has 1 atom stereocenters. The number of halogens is 2. The van der Waals surface area contributed by atoms with Gasteiger partial charge < -0.3 is 5.73 Å². The van der Waals surface area contributed by atoms with Crippen LogP contribution in [0.25, 0.3) is 0 Å². The van der Waals surface area contributed by atoms with Gasteiger partial charge in [-0.15, -0.1) is 0 Å². The van der Waals surface area contributed by atoms with E-state index in [9.17, 15) is 8.78 Å². The van der Waals surface area contributed by atoms with E-state index in [1.54, 1.807) is 0 Å². The molecule has 0 aliphatic heterocycles. The van der Waals surface area contributed by atoms with Crippen LogP contribution in [0.5, 0.6) is 0 Å². The predicted molar refractivity (Wildman–Crippen MR) is 72.7 cm³/mol. The summed E-state index contributed by atoms with van der Waals surface area (Å²) >= 11 is 0. The lowest BCUT2D eigenvalue weighted by atomic mass is 10.0. The number of hydrogen-bond donors (Lipinski definition) is 1. The van der Waals surface area contributed by atoms with Crippen LogP contribution in [0.3, 0.4) is 0 Å². The molecule has 2 nitrogen and oxygen atoms in total. The summed E-state index contributed by atoms with van der Waals surface area (Å²) in [5, 5.41) is 0. The van der Waals surface area contributed by atoms with E-state index in [-0.39, 0.29) is 6.04 Å². The van der Waals surface area contributed by atoms with E-state index in [1.165, 1.54) is 25.0 Å². The Morgan fingerprint density at radius 1 is 1.32 bits per heavy atom. The van der Waals surface area contributed by atoms with Gasteiger partial charge in [0.25, 0.3) is 0 Å². The van der Waals surface area contributed by atoms with E-state index in [4.69, 9.17) is 5.73 Å². The first-order valence-corrected chi connectivity index (χ1v) is 6.93.